The number of hydrogen-bond donors (Lipinski definition) is 2. The Bertz CT molecular complexity index is 417. The maximum Gasteiger partial charge on any atom is 0.317 e. The molecular formula is C12H18N2O3S. The summed E-state index contributed by atoms with van der Waals surface area (Å²) < 4.78 is 0. The van der Waals surface area contributed by atoms with Gasteiger partial charge < -0.3 is 15.3 Å². The van der Waals surface area contributed by atoms with Gasteiger partial charge in [-0.2, -0.15) is 11.3 Å². The van der Waals surface area contributed by atoms with E-state index in [2.05, 4.69) is 5.32 Å². The van der Waals surface area contributed by atoms with Crippen LogP contribution in [0.2, 0.25) is 0 Å². The molecule has 1 heterocycles. The summed E-state index contributed by atoms with van der Waals surface area (Å²) in [4.78, 5) is 23.8. The standard InChI is InChI=1S/C12H18N2O3S/c1-3-14(5-4-11(15)16)12(17)13-6-10-8-18-7-9(10)2/h7-8H,3-6H2,1-2H3,(H,13,17)(H,15,16). The third kappa shape index (κ3) is 4.37. The molecule has 6 heteroatoms. The SMILES string of the molecule is CCN(CCC(=O)O)C(=O)NCc1cscc1C. The fourth-order valence-corrected chi connectivity index (χ4v) is 2.34. The van der Waals surface area contributed by atoms with Gasteiger partial charge in [0, 0.05) is 19.6 Å². The van der Waals surface area contributed by atoms with E-state index < -0.39 is 5.97 Å². The molecule has 0 aromatic carbocycles. The lowest BCUT2D eigenvalue weighted by atomic mass is 10.2. The molecule has 0 unspecified atom stereocenters. The van der Waals surface area contributed by atoms with Gasteiger partial charge in [-0.3, -0.25) is 4.79 Å². The molecular weight excluding hydrogens is 252 g/mol. The van der Waals surface area contributed by atoms with Crippen molar-refractivity contribution in [1.82, 2.24) is 10.2 Å². The summed E-state index contributed by atoms with van der Waals surface area (Å²) in [7, 11) is 0. The average Bonchev–Trinajstić information content (AvgIpc) is 2.72. The summed E-state index contributed by atoms with van der Waals surface area (Å²) in [5.74, 6) is -0.894. The molecule has 100 valence electrons. The lowest BCUT2D eigenvalue weighted by Crippen LogP contribution is -2.40. The van der Waals surface area contributed by atoms with E-state index in [1.807, 2.05) is 24.6 Å². The fourth-order valence-electron chi connectivity index (χ4n) is 1.48. The van der Waals surface area contributed by atoms with Gasteiger partial charge in [-0.1, -0.05) is 0 Å². The van der Waals surface area contributed by atoms with E-state index in [0.29, 0.717) is 13.1 Å². The molecule has 0 fully saturated rings. The number of thiophene rings is 1. The predicted molar refractivity (Wildman–Crippen MR) is 70.8 cm³/mol. The summed E-state index contributed by atoms with van der Waals surface area (Å²) >= 11 is 1.60. The predicted octanol–water partition coefficient (Wildman–Crippen LogP) is 2.06. The highest BCUT2D eigenvalue weighted by atomic mass is 32.1. The number of nitrogens with zero attached hydrogens (tertiary/aromatic N) is 1. The van der Waals surface area contributed by atoms with Gasteiger partial charge in [-0.05, 0) is 35.7 Å². The molecule has 1 rings (SSSR count). The number of aryl methyl sites for hydroxylation is 1. The zero-order valence-electron chi connectivity index (χ0n) is 10.6. The second kappa shape index (κ2) is 7.00. The number of amides is 2. The van der Waals surface area contributed by atoms with E-state index in [1.54, 1.807) is 11.3 Å². The molecule has 0 aliphatic heterocycles. The highest BCUT2D eigenvalue weighted by Crippen LogP contribution is 2.13. The van der Waals surface area contributed by atoms with Crippen LogP contribution in [0.1, 0.15) is 24.5 Å². The summed E-state index contributed by atoms with van der Waals surface area (Å²) in [6.45, 7) is 5.05. The van der Waals surface area contributed by atoms with Gasteiger partial charge in [0.2, 0.25) is 0 Å². The Balaban J connectivity index is 2.42. The first-order chi connectivity index (χ1) is 8.54. The van der Waals surface area contributed by atoms with Crippen molar-refractivity contribution in [3.8, 4) is 0 Å². The van der Waals surface area contributed by atoms with Crippen molar-refractivity contribution in [1.29, 1.82) is 0 Å². The highest BCUT2D eigenvalue weighted by molar-refractivity contribution is 7.08. The van der Waals surface area contributed by atoms with Crippen LogP contribution in [0, 0.1) is 6.92 Å². The van der Waals surface area contributed by atoms with Gasteiger partial charge in [0.25, 0.3) is 0 Å². The minimum Gasteiger partial charge on any atom is -0.481 e. The maximum atomic E-state index is 11.8. The minimum absolute atomic E-state index is 0.0290. The number of carboxylic acid groups (broad SMARTS) is 1. The second-order valence-electron chi connectivity index (χ2n) is 3.96. The van der Waals surface area contributed by atoms with E-state index in [-0.39, 0.29) is 19.0 Å². The number of carbonyl (C=O) groups is 2. The van der Waals surface area contributed by atoms with Crippen LogP contribution in [0.5, 0.6) is 0 Å². The van der Waals surface area contributed by atoms with Crippen LogP contribution >= 0.6 is 11.3 Å². The first-order valence-electron chi connectivity index (χ1n) is 5.80. The minimum atomic E-state index is -0.894. The molecule has 0 aliphatic carbocycles. The van der Waals surface area contributed by atoms with Crippen molar-refractivity contribution in [3.63, 3.8) is 0 Å². The Hall–Kier alpha value is -1.56. The molecule has 0 bridgehead atoms. The highest BCUT2D eigenvalue weighted by Gasteiger charge is 2.12. The van der Waals surface area contributed by atoms with E-state index in [9.17, 15) is 9.59 Å². The van der Waals surface area contributed by atoms with Gasteiger partial charge >= 0.3 is 12.0 Å². The molecule has 1 aromatic heterocycles. The number of carboxylic acids is 1. The molecule has 0 radical (unpaired) electrons. The number of carbonyl (C=O) groups excluding carboxylic acids is 1. The molecule has 0 atom stereocenters. The lowest BCUT2D eigenvalue weighted by molar-refractivity contribution is -0.137. The molecule has 0 aliphatic rings. The van der Waals surface area contributed by atoms with Crippen molar-refractivity contribution in [2.24, 2.45) is 0 Å². The van der Waals surface area contributed by atoms with Crippen molar-refractivity contribution < 1.29 is 14.7 Å². The number of urea groups is 1. The van der Waals surface area contributed by atoms with Gasteiger partial charge in [-0.15, -0.1) is 0 Å². The third-order valence-corrected chi connectivity index (χ3v) is 3.57. The van der Waals surface area contributed by atoms with E-state index >= 15 is 0 Å². The number of rotatable bonds is 6. The number of hydrogen-bond acceptors (Lipinski definition) is 3. The fraction of sp³-hybridized carbons (Fsp3) is 0.500. The second-order valence-corrected chi connectivity index (χ2v) is 4.71. The zero-order chi connectivity index (χ0) is 13.5. The molecule has 5 nitrogen and oxygen atoms in total. The van der Waals surface area contributed by atoms with E-state index in [0.717, 1.165) is 11.1 Å². The van der Waals surface area contributed by atoms with Crippen molar-refractivity contribution >= 4 is 23.3 Å². The van der Waals surface area contributed by atoms with Gasteiger partial charge in [0.15, 0.2) is 0 Å². The smallest absolute Gasteiger partial charge is 0.317 e. The van der Waals surface area contributed by atoms with E-state index in [4.69, 9.17) is 5.11 Å². The summed E-state index contributed by atoms with van der Waals surface area (Å²) in [5.41, 5.74) is 2.26. The Morgan fingerprint density at radius 2 is 2.17 bits per heavy atom. The Labute approximate surface area is 110 Å². The molecule has 1 aromatic rings. The van der Waals surface area contributed by atoms with Crippen molar-refractivity contribution in [2.45, 2.75) is 26.8 Å². The molecule has 0 saturated carbocycles. The molecule has 2 amide bonds. The van der Waals surface area contributed by atoms with Crippen molar-refractivity contribution in [2.75, 3.05) is 13.1 Å². The van der Waals surface area contributed by atoms with Gasteiger partial charge in [0.05, 0.1) is 6.42 Å². The van der Waals surface area contributed by atoms with Crippen LogP contribution in [0.25, 0.3) is 0 Å². The zero-order valence-corrected chi connectivity index (χ0v) is 11.4. The lowest BCUT2D eigenvalue weighted by Gasteiger charge is -2.20. The third-order valence-electron chi connectivity index (χ3n) is 2.66. The largest absolute Gasteiger partial charge is 0.481 e. The number of aliphatic carboxylic acids is 1. The van der Waals surface area contributed by atoms with Crippen LogP contribution in [-0.4, -0.2) is 35.1 Å². The van der Waals surface area contributed by atoms with Crippen molar-refractivity contribution in [3.05, 3.63) is 21.9 Å². The Morgan fingerprint density at radius 1 is 1.44 bits per heavy atom. The molecule has 18 heavy (non-hydrogen) atoms. The molecule has 0 spiro atoms. The van der Waals surface area contributed by atoms with E-state index in [1.165, 1.54) is 4.90 Å². The summed E-state index contributed by atoms with van der Waals surface area (Å²) in [5, 5.41) is 15.4. The van der Waals surface area contributed by atoms with Gasteiger partial charge in [-0.25, -0.2) is 4.79 Å². The Morgan fingerprint density at radius 3 is 2.67 bits per heavy atom. The molecule has 2 N–H and O–H groups in total. The Kier molecular flexibility index (Phi) is 5.64. The van der Waals surface area contributed by atoms with Crippen LogP contribution in [0.3, 0.4) is 0 Å². The van der Waals surface area contributed by atoms with Gasteiger partial charge in [0.1, 0.15) is 0 Å². The molecule has 0 saturated heterocycles. The monoisotopic (exact) mass is 270 g/mol. The normalized spacial score (nSPS) is 10.1. The topological polar surface area (TPSA) is 69.6 Å². The first kappa shape index (κ1) is 14.5. The summed E-state index contributed by atoms with van der Waals surface area (Å²) in [6, 6.07) is -0.218. The first-order valence-corrected chi connectivity index (χ1v) is 6.75. The van der Waals surface area contributed by atoms with Crippen LogP contribution in [-0.2, 0) is 11.3 Å². The summed E-state index contributed by atoms with van der Waals surface area (Å²) in [6.07, 6.45) is -0.0290. The van der Waals surface area contributed by atoms with Crippen LogP contribution in [0.15, 0.2) is 10.8 Å². The van der Waals surface area contributed by atoms with Crippen LogP contribution < -0.4 is 5.32 Å². The maximum absolute atomic E-state index is 11.8. The average molecular weight is 270 g/mol. The van der Waals surface area contributed by atoms with Crippen LogP contribution in [0.4, 0.5) is 4.79 Å². The quantitative estimate of drug-likeness (QED) is 0.831. The number of nitrogens with one attached hydrogen (secondary N) is 1.